The van der Waals surface area contributed by atoms with Crippen LogP contribution in [0.4, 0.5) is 5.69 Å². The second kappa shape index (κ2) is 10.1. The molecule has 0 bridgehead atoms. The predicted molar refractivity (Wildman–Crippen MR) is 119 cm³/mol. The maximum absolute atomic E-state index is 12.9. The third kappa shape index (κ3) is 6.31. The molecule has 1 heterocycles. The fourth-order valence-corrected chi connectivity index (χ4v) is 4.70. The monoisotopic (exact) mass is 444 g/mol. The van der Waals surface area contributed by atoms with Gasteiger partial charge >= 0.3 is 0 Å². The van der Waals surface area contributed by atoms with Crippen LogP contribution in [0.2, 0.25) is 5.02 Å². The molecule has 0 spiro atoms. The van der Waals surface area contributed by atoms with Crippen LogP contribution in [-0.2, 0) is 21.4 Å². The number of carbonyl (C=O) groups is 1. The quantitative estimate of drug-likeness (QED) is 0.769. The molecule has 0 fully saturated rings. The van der Waals surface area contributed by atoms with E-state index in [2.05, 4.69) is 18.7 Å². The van der Waals surface area contributed by atoms with Crippen LogP contribution in [-0.4, -0.2) is 68.6 Å². The molecule has 7 nitrogen and oxygen atoms in total. The van der Waals surface area contributed by atoms with Crippen molar-refractivity contribution in [2.75, 3.05) is 36.7 Å². The molecule has 1 aromatic carbocycles. The highest BCUT2D eigenvalue weighted by atomic mass is 35.5. The van der Waals surface area contributed by atoms with Gasteiger partial charge in [0.1, 0.15) is 0 Å². The normalized spacial score (nSPS) is 18.3. The zero-order valence-electron chi connectivity index (χ0n) is 17.8. The molecular formula is C20H33ClN4O3S. The first-order valence-electron chi connectivity index (χ1n) is 10.1. The first kappa shape index (κ1) is 23.9. The minimum absolute atomic E-state index is 0.123. The van der Waals surface area contributed by atoms with E-state index in [9.17, 15) is 13.2 Å². The van der Waals surface area contributed by atoms with Gasteiger partial charge in [-0.15, -0.1) is 0 Å². The number of carbonyl (C=O) groups excluding carboxylic acids is 1. The van der Waals surface area contributed by atoms with Crippen molar-refractivity contribution in [3.05, 3.63) is 28.8 Å². The van der Waals surface area contributed by atoms with E-state index in [0.717, 1.165) is 12.1 Å². The second-order valence-electron chi connectivity index (χ2n) is 7.87. The Kier molecular flexibility index (Phi) is 8.34. The van der Waals surface area contributed by atoms with Gasteiger partial charge in [-0.2, -0.15) is 0 Å². The van der Waals surface area contributed by atoms with Crippen LogP contribution in [0.15, 0.2) is 18.2 Å². The number of anilines is 1. The van der Waals surface area contributed by atoms with Crippen molar-refractivity contribution >= 4 is 33.2 Å². The SMILES string of the molecule is CC[C@H](N)C(=O)N1CCN(C(C)C)CCCN(S(C)(=O)=O)c2cc(Cl)ccc2C1. The Balaban J connectivity index is 2.52. The van der Waals surface area contributed by atoms with Gasteiger partial charge in [-0.1, -0.05) is 24.6 Å². The summed E-state index contributed by atoms with van der Waals surface area (Å²) < 4.78 is 26.5. The molecule has 1 aromatic rings. The number of sulfonamides is 1. The van der Waals surface area contributed by atoms with Gasteiger partial charge in [-0.05, 0) is 44.4 Å². The van der Waals surface area contributed by atoms with Gasteiger partial charge < -0.3 is 10.6 Å². The summed E-state index contributed by atoms with van der Waals surface area (Å²) in [6.07, 6.45) is 2.43. The lowest BCUT2D eigenvalue weighted by Crippen LogP contribution is -2.47. The van der Waals surface area contributed by atoms with Gasteiger partial charge in [0.25, 0.3) is 0 Å². The van der Waals surface area contributed by atoms with E-state index in [1.165, 1.54) is 10.6 Å². The molecule has 2 rings (SSSR count). The number of hydrogen-bond donors (Lipinski definition) is 1. The Labute approximate surface area is 179 Å². The van der Waals surface area contributed by atoms with E-state index in [1.807, 2.05) is 6.92 Å². The van der Waals surface area contributed by atoms with Crippen molar-refractivity contribution in [1.29, 1.82) is 0 Å². The van der Waals surface area contributed by atoms with Crippen molar-refractivity contribution in [3.8, 4) is 0 Å². The topological polar surface area (TPSA) is 87.0 Å². The summed E-state index contributed by atoms with van der Waals surface area (Å²) in [6, 6.07) is 4.90. The number of nitrogens with zero attached hydrogens (tertiary/aromatic N) is 3. The van der Waals surface area contributed by atoms with Crippen molar-refractivity contribution in [1.82, 2.24) is 9.80 Å². The molecule has 2 N–H and O–H groups in total. The molecule has 0 aromatic heterocycles. The average Bonchev–Trinajstić information content (AvgIpc) is 2.68. The fraction of sp³-hybridized carbons (Fsp3) is 0.650. The number of fused-ring (bicyclic) bond motifs is 1. The van der Waals surface area contributed by atoms with Crippen molar-refractivity contribution < 1.29 is 13.2 Å². The van der Waals surface area contributed by atoms with E-state index in [4.69, 9.17) is 17.3 Å². The summed E-state index contributed by atoms with van der Waals surface area (Å²) in [5, 5.41) is 0.458. The number of halogens is 1. The number of benzene rings is 1. The molecule has 0 saturated heterocycles. The minimum Gasteiger partial charge on any atom is -0.336 e. The largest absolute Gasteiger partial charge is 0.336 e. The van der Waals surface area contributed by atoms with Gasteiger partial charge in [-0.3, -0.25) is 14.0 Å². The minimum atomic E-state index is -3.50. The van der Waals surface area contributed by atoms with Gasteiger partial charge in [0, 0.05) is 43.8 Å². The Hall–Kier alpha value is -1.35. The molecule has 164 valence electrons. The summed E-state index contributed by atoms with van der Waals surface area (Å²) in [5.74, 6) is -0.123. The van der Waals surface area contributed by atoms with Crippen LogP contribution in [0.5, 0.6) is 0 Å². The van der Waals surface area contributed by atoms with Crippen LogP contribution in [0.3, 0.4) is 0 Å². The fourth-order valence-electron chi connectivity index (χ4n) is 3.54. The maximum Gasteiger partial charge on any atom is 0.239 e. The van der Waals surface area contributed by atoms with Crippen LogP contribution >= 0.6 is 11.6 Å². The molecule has 0 radical (unpaired) electrons. The molecule has 0 saturated carbocycles. The highest BCUT2D eigenvalue weighted by molar-refractivity contribution is 7.92. The lowest BCUT2D eigenvalue weighted by atomic mass is 10.1. The highest BCUT2D eigenvalue weighted by Gasteiger charge is 2.27. The van der Waals surface area contributed by atoms with E-state index in [1.54, 1.807) is 23.1 Å². The number of amides is 1. The van der Waals surface area contributed by atoms with E-state index in [-0.39, 0.29) is 18.5 Å². The molecule has 1 amide bonds. The van der Waals surface area contributed by atoms with Gasteiger partial charge in [0.2, 0.25) is 15.9 Å². The smallest absolute Gasteiger partial charge is 0.239 e. The average molecular weight is 445 g/mol. The predicted octanol–water partition coefficient (Wildman–Crippen LogP) is 2.29. The van der Waals surface area contributed by atoms with Crippen LogP contribution < -0.4 is 10.0 Å². The number of rotatable bonds is 4. The molecule has 0 unspecified atom stereocenters. The molecular weight excluding hydrogens is 412 g/mol. The van der Waals surface area contributed by atoms with E-state index < -0.39 is 16.1 Å². The van der Waals surface area contributed by atoms with Gasteiger partial charge in [-0.25, -0.2) is 8.42 Å². The molecule has 1 aliphatic heterocycles. The van der Waals surface area contributed by atoms with Crippen molar-refractivity contribution in [3.63, 3.8) is 0 Å². The molecule has 1 aliphatic rings. The lowest BCUT2D eigenvalue weighted by molar-refractivity contribution is -0.133. The Morgan fingerprint density at radius 3 is 2.48 bits per heavy atom. The van der Waals surface area contributed by atoms with E-state index in [0.29, 0.717) is 43.2 Å². The third-order valence-electron chi connectivity index (χ3n) is 5.34. The zero-order valence-corrected chi connectivity index (χ0v) is 19.3. The van der Waals surface area contributed by atoms with Gasteiger partial charge in [0.15, 0.2) is 0 Å². The maximum atomic E-state index is 12.9. The summed E-state index contributed by atoms with van der Waals surface area (Å²) in [7, 11) is -3.50. The lowest BCUT2D eigenvalue weighted by Gasteiger charge is -2.31. The molecule has 9 heteroatoms. The molecule has 0 aliphatic carbocycles. The van der Waals surface area contributed by atoms with Crippen LogP contribution in [0.1, 0.15) is 39.2 Å². The number of nitrogens with two attached hydrogens (primary N) is 1. The Morgan fingerprint density at radius 2 is 1.90 bits per heavy atom. The highest BCUT2D eigenvalue weighted by Crippen LogP contribution is 2.29. The second-order valence-corrected chi connectivity index (χ2v) is 10.2. The summed E-state index contributed by atoms with van der Waals surface area (Å²) in [6.45, 7) is 8.72. The van der Waals surface area contributed by atoms with Gasteiger partial charge in [0.05, 0.1) is 18.0 Å². The Morgan fingerprint density at radius 1 is 1.21 bits per heavy atom. The molecule has 1 atom stereocenters. The first-order chi connectivity index (χ1) is 13.5. The first-order valence-corrected chi connectivity index (χ1v) is 12.3. The summed E-state index contributed by atoms with van der Waals surface area (Å²) >= 11 is 6.20. The zero-order chi connectivity index (χ0) is 21.8. The number of hydrogen-bond acceptors (Lipinski definition) is 5. The Bertz CT molecular complexity index is 816. The standard InChI is InChI=1S/C20H33ClN4O3S/c1-5-18(22)20(26)24-12-11-23(15(2)3)9-6-10-25(29(4,27)28)19-13-17(21)8-7-16(19)14-24/h7-8,13,15,18H,5-6,9-12,14,22H2,1-4H3/t18-/m0/s1. The van der Waals surface area contributed by atoms with Crippen LogP contribution in [0, 0.1) is 0 Å². The molecule has 29 heavy (non-hydrogen) atoms. The van der Waals surface area contributed by atoms with E-state index >= 15 is 0 Å². The van der Waals surface area contributed by atoms with Crippen molar-refractivity contribution in [2.45, 2.75) is 52.2 Å². The van der Waals surface area contributed by atoms with Crippen molar-refractivity contribution in [2.24, 2.45) is 5.73 Å². The third-order valence-corrected chi connectivity index (χ3v) is 6.76. The summed E-state index contributed by atoms with van der Waals surface area (Å²) in [5.41, 5.74) is 7.31. The van der Waals surface area contributed by atoms with Crippen LogP contribution in [0.25, 0.3) is 0 Å². The summed E-state index contributed by atoms with van der Waals surface area (Å²) in [4.78, 5) is 16.9.